The number of rotatable bonds is 5. The molecule has 2 rings (SSSR count). The molecule has 1 aromatic heterocycles. The van der Waals surface area contributed by atoms with Crippen molar-refractivity contribution in [1.29, 1.82) is 0 Å². The van der Waals surface area contributed by atoms with E-state index in [1.54, 1.807) is 6.92 Å². The molecule has 0 fully saturated rings. The first-order chi connectivity index (χ1) is 10.4. The Balaban J connectivity index is 2.28. The van der Waals surface area contributed by atoms with Gasteiger partial charge >= 0.3 is 6.18 Å². The van der Waals surface area contributed by atoms with Gasteiger partial charge in [-0.2, -0.15) is 13.2 Å². The van der Waals surface area contributed by atoms with Crippen molar-refractivity contribution in [2.45, 2.75) is 26.1 Å². The number of hydrogen-bond donors (Lipinski definition) is 0. The summed E-state index contributed by atoms with van der Waals surface area (Å²) in [7, 11) is 0. The summed E-state index contributed by atoms with van der Waals surface area (Å²) in [5.41, 5.74) is -0.600. The molecule has 2 aromatic rings. The van der Waals surface area contributed by atoms with Gasteiger partial charge in [-0.3, -0.25) is 0 Å². The molecular weight excluding hydrogens is 335 g/mol. The van der Waals surface area contributed by atoms with Crippen LogP contribution in [-0.4, -0.2) is 5.71 Å². The molecule has 0 saturated carbocycles. The molecule has 1 heterocycles. The van der Waals surface area contributed by atoms with Gasteiger partial charge in [-0.15, -0.1) is 11.3 Å². The summed E-state index contributed by atoms with van der Waals surface area (Å²) in [6.45, 7) is 1.94. The van der Waals surface area contributed by atoms with Crippen molar-refractivity contribution >= 4 is 28.6 Å². The van der Waals surface area contributed by atoms with Crippen LogP contribution >= 0.6 is 22.9 Å². The summed E-state index contributed by atoms with van der Waals surface area (Å²) in [5, 5.41) is 5.98. The van der Waals surface area contributed by atoms with Gasteiger partial charge in [-0.05, 0) is 36.1 Å². The average Bonchev–Trinajstić information content (AvgIpc) is 2.95. The minimum Gasteiger partial charge on any atom is -0.390 e. The standard InChI is InChI=1S/C15H13ClF3NOS/c1-2-14(20-21-9-11-4-3-7-22-11)12-8-10(16)5-6-13(12)15(17,18)19/h3-8H,2,9H2,1H3. The maximum atomic E-state index is 13.1. The van der Waals surface area contributed by atoms with Crippen LogP contribution in [-0.2, 0) is 17.6 Å². The first kappa shape index (κ1) is 16.8. The molecule has 0 aliphatic heterocycles. The van der Waals surface area contributed by atoms with Crippen LogP contribution in [0.25, 0.3) is 0 Å². The normalized spacial score (nSPS) is 12.5. The summed E-state index contributed by atoms with van der Waals surface area (Å²) in [6.07, 6.45) is -4.17. The van der Waals surface area contributed by atoms with Crippen molar-refractivity contribution in [1.82, 2.24) is 0 Å². The molecule has 0 N–H and O–H groups in total. The molecular formula is C15H13ClF3NOS. The number of alkyl halides is 3. The Morgan fingerprint density at radius 1 is 1.32 bits per heavy atom. The molecule has 0 unspecified atom stereocenters. The summed E-state index contributed by atoms with van der Waals surface area (Å²) in [6, 6.07) is 7.18. The van der Waals surface area contributed by atoms with E-state index in [1.807, 2.05) is 17.5 Å². The number of halogens is 4. The SMILES string of the molecule is CCC(=NOCc1cccs1)c1cc(Cl)ccc1C(F)(F)F. The lowest BCUT2D eigenvalue weighted by Crippen LogP contribution is -2.13. The third-order valence-corrected chi connectivity index (χ3v) is 3.98. The lowest BCUT2D eigenvalue weighted by molar-refractivity contribution is -0.137. The quantitative estimate of drug-likeness (QED) is 0.498. The number of benzene rings is 1. The number of oxime groups is 1. The average molecular weight is 348 g/mol. The van der Waals surface area contributed by atoms with E-state index in [0.717, 1.165) is 10.9 Å². The molecule has 0 amide bonds. The molecule has 0 saturated heterocycles. The van der Waals surface area contributed by atoms with Gasteiger partial charge in [-0.25, -0.2) is 0 Å². The molecule has 22 heavy (non-hydrogen) atoms. The fraction of sp³-hybridized carbons (Fsp3) is 0.267. The topological polar surface area (TPSA) is 21.6 Å². The molecule has 118 valence electrons. The van der Waals surface area contributed by atoms with Gasteiger partial charge in [0.1, 0.15) is 0 Å². The minimum atomic E-state index is -4.47. The molecule has 0 aliphatic rings. The van der Waals surface area contributed by atoms with Gasteiger partial charge in [0.25, 0.3) is 0 Å². The Hall–Kier alpha value is -1.53. The van der Waals surface area contributed by atoms with E-state index in [4.69, 9.17) is 16.4 Å². The Kier molecular flexibility index (Phi) is 5.47. The van der Waals surface area contributed by atoms with Crippen molar-refractivity contribution in [3.8, 4) is 0 Å². The van der Waals surface area contributed by atoms with E-state index in [-0.39, 0.29) is 22.9 Å². The van der Waals surface area contributed by atoms with Gasteiger partial charge in [-0.1, -0.05) is 29.7 Å². The molecule has 1 aromatic carbocycles. The molecule has 0 atom stereocenters. The zero-order valence-corrected chi connectivity index (χ0v) is 13.2. The second kappa shape index (κ2) is 7.15. The van der Waals surface area contributed by atoms with Crippen molar-refractivity contribution in [3.63, 3.8) is 0 Å². The van der Waals surface area contributed by atoms with Gasteiger partial charge in [0.05, 0.1) is 11.3 Å². The Labute approximate surface area is 135 Å². The first-order valence-electron chi connectivity index (χ1n) is 6.50. The fourth-order valence-corrected chi connectivity index (χ4v) is 2.66. The van der Waals surface area contributed by atoms with Crippen LogP contribution < -0.4 is 0 Å². The summed E-state index contributed by atoms with van der Waals surface area (Å²) in [5.74, 6) is 0. The molecule has 0 radical (unpaired) electrons. The number of hydrogen-bond acceptors (Lipinski definition) is 3. The van der Waals surface area contributed by atoms with Gasteiger partial charge in [0, 0.05) is 15.5 Å². The van der Waals surface area contributed by atoms with E-state index in [2.05, 4.69) is 5.16 Å². The van der Waals surface area contributed by atoms with Crippen LogP contribution in [0.3, 0.4) is 0 Å². The highest BCUT2D eigenvalue weighted by atomic mass is 35.5. The smallest absolute Gasteiger partial charge is 0.390 e. The van der Waals surface area contributed by atoms with Gasteiger partial charge in [0.2, 0.25) is 0 Å². The highest BCUT2D eigenvalue weighted by Crippen LogP contribution is 2.34. The fourth-order valence-electron chi connectivity index (χ4n) is 1.88. The largest absolute Gasteiger partial charge is 0.417 e. The van der Waals surface area contributed by atoms with Crippen molar-refractivity contribution in [2.24, 2.45) is 5.16 Å². The molecule has 0 spiro atoms. The summed E-state index contributed by atoms with van der Waals surface area (Å²) in [4.78, 5) is 6.13. The van der Waals surface area contributed by atoms with Crippen LogP contribution in [0.5, 0.6) is 0 Å². The molecule has 2 nitrogen and oxygen atoms in total. The van der Waals surface area contributed by atoms with E-state index in [9.17, 15) is 13.2 Å². The maximum Gasteiger partial charge on any atom is 0.417 e. The van der Waals surface area contributed by atoms with Crippen LogP contribution in [0.1, 0.15) is 29.3 Å². The molecule has 0 aliphatic carbocycles. The monoisotopic (exact) mass is 347 g/mol. The van der Waals surface area contributed by atoms with Crippen LogP contribution in [0, 0.1) is 0 Å². The highest BCUT2D eigenvalue weighted by Gasteiger charge is 2.34. The van der Waals surface area contributed by atoms with Crippen molar-refractivity contribution in [3.05, 3.63) is 56.7 Å². The van der Waals surface area contributed by atoms with Crippen molar-refractivity contribution in [2.75, 3.05) is 0 Å². The van der Waals surface area contributed by atoms with Crippen molar-refractivity contribution < 1.29 is 18.0 Å². The van der Waals surface area contributed by atoms with E-state index in [1.165, 1.54) is 23.5 Å². The Morgan fingerprint density at radius 3 is 2.68 bits per heavy atom. The summed E-state index contributed by atoms with van der Waals surface area (Å²) < 4.78 is 39.3. The van der Waals surface area contributed by atoms with Gasteiger partial charge in [0.15, 0.2) is 6.61 Å². The predicted octanol–water partition coefficient (Wildman–Crippen LogP) is 5.75. The van der Waals surface area contributed by atoms with E-state index in [0.29, 0.717) is 6.42 Å². The van der Waals surface area contributed by atoms with E-state index >= 15 is 0 Å². The summed E-state index contributed by atoms with van der Waals surface area (Å²) >= 11 is 7.31. The van der Waals surface area contributed by atoms with Gasteiger partial charge < -0.3 is 4.84 Å². The van der Waals surface area contributed by atoms with E-state index < -0.39 is 11.7 Å². The lowest BCUT2D eigenvalue weighted by atomic mass is 10.0. The second-order valence-electron chi connectivity index (χ2n) is 4.43. The third-order valence-electron chi connectivity index (χ3n) is 2.89. The van der Waals surface area contributed by atoms with Crippen LogP contribution in [0.15, 0.2) is 40.9 Å². The van der Waals surface area contributed by atoms with Crippen LogP contribution in [0.2, 0.25) is 5.02 Å². The highest BCUT2D eigenvalue weighted by molar-refractivity contribution is 7.09. The predicted molar refractivity (Wildman–Crippen MR) is 82.4 cm³/mol. The zero-order valence-electron chi connectivity index (χ0n) is 11.7. The number of nitrogens with zero attached hydrogens (tertiary/aromatic N) is 1. The first-order valence-corrected chi connectivity index (χ1v) is 7.76. The maximum absolute atomic E-state index is 13.1. The third kappa shape index (κ3) is 4.24. The molecule has 0 bridgehead atoms. The second-order valence-corrected chi connectivity index (χ2v) is 5.90. The Morgan fingerprint density at radius 2 is 2.09 bits per heavy atom. The van der Waals surface area contributed by atoms with Crippen LogP contribution in [0.4, 0.5) is 13.2 Å². The lowest BCUT2D eigenvalue weighted by Gasteiger charge is -2.14. The number of thiophene rings is 1. The minimum absolute atomic E-state index is 0.0475. The zero-order chi connectivity index (χ0) is 16.2. The Bertz CT molecular complexity index is 653. The molecule has 7 heteroatoms.